The lowest BCUT2D eigenvalue weighted by Crippen LogP contribution is -2.01. The highest BCUT2D eigenvalue weighted by Crippen LogP contribution is 2.24. The second-order valence-corrected chi connectivity index (χ2v) is 4.74. The van der Waals surface area contributed by atoms with E-state index in [1.165, 1.54) is 0 Å². The molecule has 4 nitrogen and oxygen atoms in total. The van der Waals surface area contributed by atoms with Gasteiger partial charge < -0.3 is 14.4 Å². The van der Waals surface area contributed by atoms with Crippen molar-refractivity contribution in [2.24, 2.45) is 0 Å². The molecule has 0 aliphatic rings. The number of para-hydroxylation sites is 1. The molecule has 0 aliphatic carbocycles. The molecule has 0 unspecified atom stereocenters. The number of methoxy groups -OCH3 is 1. The molecule has 1 aromatic heterocycles. The lowest BCUT2D eigenvalue weighted by Gasteiger charge is -2.10. The third-order valence-electron chi connectivity index (χ3n) is 3.38. The predicted octanol–water partition coefficient (Wildman–Crippen LogP) is 3.31. The van der Waals surface area contributed by atoms with Crippen molar-refractivity contribution in [3.05, 3.63) is 66.5 Å². The molecule has 4 heteroatoms. The standard InChI is InChI=1S/C17H16N2O2/c1-21-15-7-4-6-13(11-15)17-18-9-10-19(17)12-14-5-2-3-8-16(14)20/h2-11,20H,12H2,1H3. The van der Waals surface area contributed by atoms with Crippen LogP contribution in [0.5, 0.6) is 11.5 Å². The van der Waals surface area contributed by atoms with E-state index in [4.69, 9.17) is 4.74 Å². The molecule has 3 rings (SSSR count). The predicted molar refractivity (Wildman–Crippen MR) is 81.4 cm³/mol. The molecule has 1 N–H and O–H groups in total. The summed E-state index contributed by atoms with van der Waals surface area (Å²) in [5, 5.41) is 9.90. The van der Waals surface area contributed by atoms with Crippen molar-refractivity contribution in [1.82, 2.24) is 9.55 Å². The molecular weight excluding hydrogens is 264 g/mol. The van der Waals surface area contributed by atoms with E-state index < -0.39 is 0 Å². The first-order chi connectivity index (χ1) is 10.3. The second-order valence-electron chi connectivity index (χ2n) is 4.74. The Bertz CT molecular complexity index is 750. The number of aromatic nitrogens is 2. The van der Waals surface area contributed by atoms with Gasteiger partial charge in [-0.3, -0.25) is 0 Å². The number of nitrogens with zero attached hydrogens (tertiary/aromatic N) is 2. The van der Waals surface area contributed by atoms with E-state index in [1.54, 1.807) is 19.4 Å². The molecule has 0 fully saturated rings. The lowest BCUT2D eigenvalue weighted by molar-refractivity contribution is 0.415. The molecule has 0 saturated carbocycles. The van der Waals surface area contributed by atoms with E-state index >= 15 is 0 Å². The van der Waals surface area contributed by atoms with Crippen molar-refractivity contribution in [3.63, 3.8) is 0 Å². The van der Waals surface area contributed by atoms with Crippen LogP contribution in [0, 0.1) is 0 Å². The van der Waals surface area contributed by atoms with E-state index in [1.807, 2.05) is 53.2 Å². The average molecular weight is 280 g/mol. The Morgan fingerprint density at radius 2 is 2.00 bits per heavy atom. The second kappa shape index (κ2) is 5.71. The maximum Gasteiger partial charge on any atom is 0.140 e. The maximum absolute atomic E-state index is 9.90. The minimum Gasteiger partial charge on any atom is -0.508 e. The van der Waals surface area contributed by atoms with Crippen LogP contribution in [0.1, 0.15) is 5.56 Å². The first kappa shape index (κ1) is 13.2. The molecule has 0 bridgehead atoms. The van der Waals surface area contributed by atoms with Gasteiger partial charge >= 0.3 is 0 Å². The number of hydrogen-bond donors (Lipinski definition) is 1. The van der Waals surface area contributed by atoms with Crippen LogP contribution < -0.4 is 4.74 Å². The fourth-order valence-electron chi connectivity index (χ4n) is 2.29. The van der Waals surface area contributed by atoms with Crippen LogP contribution in [-0.2, 0) is 6.54 Å². The molecule has 2 aromatic carbocycles. The smallest absolute Gasteiger partial charge is 0.140 e. The van der Waals surface area contributed by atoms with Crippen molar-refractivity contribution in [1.29, 1.82) is 0 Å². The Morgan fingerprint density at radius 1 is 1.14 bits per heavy atom. The van der Waals surface area contributed by atoms with Gasteiger partial charge in [0.05, 0.1) is 13.7 Å². The summed E-state index contributed by atoms with van der Waals surface area (Å²) in [5.74, 6) is 1.93. The lowest BCUT2D eigenvalue weighted by atomic mass is 10.1. The van der Waals surface area contributed by atoms with E-state index in [0.717, 1.165) is 22.7 Å². The zero-order valence-electron chi connectivity index (χ0n) is 11.7. The number of phenolic OH excluding ortho intramolecular Hbond substituents is 1. The summed E-state index contributed by atoms with van der Waals surface area (Å²) >= 11 is 0. The monoisotopic (exact) mass is 280 g/mol. The molecule has 0 atom stereocenters. The highest BCUT2D eigenvalue weighted by Gasteiger charge is 2.09. The summed E-state index contributed by atoms with van der Waals surface area (Å²) in [5.41, 5.74) is 1.84. The molecule has 1 heterocycles. The molecule has 0 aliphatic heterocycles. The number of hydrogen-bond acceptors (Lipinski definition) is 3. The van der Waals surface area contributed by atoms with Gasteiger partial charge in [0.1, 0.15) is 17.3 Å². The average Bonchev–Trinajstić information content (AvgIpc) is 2.98. The number of imidazole rings is 1. The molecule has 0 radical (unpaired) electrons. The SMILES string of the molecule is COc1cccc(-c2nccn2Cc2ccccc2O)c1. The van der Waals surface area contributed by atoms with Crippen LogP contribution in [0.2, 0.25) is 0 Å². The van der Waals surface area contributed by atoms with Gasteiger partial charge in [-0.25, -0.2) is 4.98 Å². The van der Waals surface area contributed by atoms with Crippen LogP contribution in [0.25, 0.3) is 11.4 Å². The fraction of sp³-hybridized carbons (Fsp3) is 0.118. The summed E-state index contributed by atoms with van der Waals surface area (Å²) in [6, 6.07) is 15.1. The minimum atomic E-state index is 0.294. The third kappa shape index (κ3) is 2.74. The van der Waals surface area contributed by atoms with Crippen LogP contribution in [0.15, 0.2) is 60.9 Å². The van der Waals surface area contributed by atoms with Gasteiger partial charge in [0.2, 0.25) is 0 Å². The molecule has 0 saturated heterocycles. The molecule has 106 valence electrons. The van der Waals surface area contributed by atoms with Crippen LogP contribution in [0.4, 0.5) is 0 Å². The largest absolute Gasteiger partial charge is 0.508 e. The van der Waals surface area contributed by atoms with E-state index in [0.29, 0.717) is 12.3 Å². The van der Waals surface area contributed by atoms with E-state index in [-0.39, 0.29) is 0 Å². The van der Waals surface area contributed by atoms with Gasteiger partial charge in [-0.05, 0) is 18.2 Å². The van der Waals surface area contributed by atoms with Crippen LogP contribution >= 0.6 is 0 Å². The zero-order valence-corrected chi connectivity index (χ0v) is 11.7. The van der Waals surface area contributed by atoms with Crippen molar-refractivity contribution >= 4 is 0 Å². The van der Waals surface area contributed by atoms with Crippen molar-refractivity contribution in [3.8, 4) is 22.9 Å². The quantitative estimate of drug-likeness (QED) is 0.797. The van der Waals surface area contributed by atoms with Gasteiger partial charge in [0.25, 0.3) is 0 Å². The van der Waals surface area contributed by atoms with E-state index in [9.17, 15) is 5.11 Å². The van der Waals surface area contributed by atoms with Crippen molar-refractivity contribution in [2.75, 3.05) is 7.11 Å². The summed E-state index contributed by atoms with van der Waals surface area (Å²) in [7, 11) is 1.65. The van der Waals surface area contributed by atoms with Gasteiger partial charge in [-0.2, -0.15) is 0 Å². The number of benzene rings is 2. The summed E-state index contributed by atoms with van der Waals surface area (Å²) < 4.78 is 7.26. The Hall–Kier alpha value is -2.75. The first-order valence-electron chi connectivity index (χ1n) is 6.70. The molecule has 3 aromatic rings. The van der Waals surface area contributed by atoms with Crippen molar-refractivity contribution < 1.29 is 9.84 Å². The van der Waals surface area contributed by atoms with Gasteiger partial charge in [-0.1, -0.05) is 30.3 Å². The third-order valence-corrected chi connectivity index (χ3v) is 3.38. The Morgan fingerprint density at radius 3 is 2.81 bits per heavy atom. The fourth-order valence-corrected chi connectivity index (χ4v) is 2.29. The highest BCUT2D eigenvalue weighted by molar-refractivity contribution is 5.58. The van der Waals surface area contributed by atoms with Crippen molar-refractivity contribution in [2.45, 2.75) is 6.54 Å². The first-order valence-corrected chi connectivity index (χ1v) is 6.70. The molecular formula is C17H16N2O2. The number of ether oxygens (including phenoxy) is 1. The number of rotatable bonds is 4. The number of phenols is 1. The zero-order chi connectivity index (χ0) is 14.7. The van der Waals surface area contributed by atoms with Crippen LogP contribution in [-0.4, -0.2) is 21.8 Å². The topological polar surface area (TPSA) is 47.3 Å². The Balaban J connectivity index is 1.95. The molecule has 21 heavy (non-hydrogen) atoms. The highest BCUT2D eigenvalue weighted by atomic mass is 16.5. The van der Waals surface area contributed by atoms with Gasteiger partial charge in [-0.15, -0.1) is 0 Å². The van der Waals surface area contributed by atoms with Gasteiger partial charge in [0.15, 0.2) is 0 Å². The summed E-state index contributed by atoms with van der Waals surface area (Å²) in [6.07, 6.45) is 3.66. The van der Waals surface area contributed by atoms with Crippen LogP contribution in [0.3, 0.4) is 0 Å². The minimum absolute atomic E-state index is 0.294. The Kier molecular flexibility index (Phi) is 3.60. The summed E-state index contributed by atoms with van der Waals surface area (Å²) in [6.45, 7) is 0.569. The van der Waals surface area contributed by atoms with E-state index in [2.05, 4.69) is 4.98 Å². The van der Waals surface area contributed by atoms with Gasteiger partial charge in [0, 0.05) is 23.5 Å². The normalized spacial score (nSPS) is 10.5. The Labute approximate surface area is 123 Å². The maximum atomic E-state index is 9.90. The number of aromatic hydroxyl groups is 1. The summed E-state index contributed by atoms with van der Waals surface area (Å²) in [4.78, 5) is 4.41. The molecule has 0 amide bonds. The molecule has 0 spiro atoms.